The lowest BCUT2D eigenvalue weighted by Crippen LogP contribution is -2.13. The van der Waals surface area contributed by atoms with E-state index >= 15 is 0 Å². The number of pyridine rings is 1. The Balaban J connectivity index is 2.13. The van der Waals surface area contributed by atoms with Gasteiger partial charge in [0.15, 0.2) is 0 Å². The van der Waals surface area contributed by atoms with Gasteiger partial charge in [0.1, 0.15) is 5.69 Å². The number of primary amides is 1. The van der Waals surface area contributed by atoms with Crippen LogP contribution in [0.5, 0.6) is 0 Å². The highest BCUT2D eigenvalue weighted by Gasteiger charge is 2.06. The summed E-state index contributed by atoms with van der Waals surface area (Å²) in [6.45, 7) is 0.340. The number of carboxylic acid groups (broad SMARTS) is 1. The van der Waals surface area contributed by atoms with Crippen molar-refractivity contribution in [3.05, 3.63) is 47.5 Å². The number of carbonyl (C=O) groups is 2. The molecule has 3 N–H and O–H groups in total. The Labute approximate surface area is 102 Å². The van der Waals surface area contributed by atoms with Gasteiger partial charge in [0.05, 0.1) is 17.8 Å². The van der Waals surface area contributed by atoms with Crippen LogP contribution in [0.4, 0.5) is 0 Å². The van der Waals surface area contributed by atoms with Gasteiger partial charge in [-0.05, 0) is 18.2 Å². The van der Waals surface area contributed by atoms with Gasteiger partial charge in [0.25, 0.3) is 5.91 Å². The lowest BCUT2D eigenvalue weighted by molar-refractivity contribution is 0.0696. The van der Waals surface area contributed by atoms with Gasteiger partial charge in [0, 0.05) is 12.4 Å². The Morgan fingerprint density at radius 2 is 2.11 bits per heavy atom. The van der Waals surface area contributed by atoms with Crippen LogP contribution in [0.2, 0.25) is 0 Å². The summed E-state index contributed by atoms with van der Waals surface area (Å²) in [6.07, 6.45) is 2.88. The fourth-order valence-corrected chi connectivity index (χ4v) is 1.39. The third kappa shape index (κ3) is 2.51. The van der Waals surface area contributed by atoms with Gasteiger partial charge < -0.3 is 10.8 Å². The number of carbonyl (C=O) groups excluding carboxylic acids is 1. The highest BCUT2D eigenvalue weighted by Crippen LogP contribution is 2.03. The average Bonchev–Trinajstić information content (AvgIpc) is 2.78. The number of carboxylic acids is 1. The molecule has 2 aromatic rings. The predicted octanol–water partition coefficient (Wildman–Crippen LogP) is 0.123. The van der Waals surface area contributed by atoms with Crippen molar-refractivity contribution >= 4 is 11.9 Å². The topological polar surface area (TPSA) is 111 Å². The van der Waals surface area contributed by atoms with E-state index in [9.17, 15) is 9.59 Å². The monoisotopic (exact) mass is 246 g/mol. The third-order valence-electron chi connectivity index (χ3n) is 2.29. The van der Waals surface area contributed by atoms with Crippen molar-refractivity contribution in [3.8, 4) is 0 Å². The van der Waals surface area contributed by atoms with E-state index in [1.165, 1.54) is 23.0 Å². The molecule has 2 rings (SSSR count). The van der Waals surface area contributed by atoms with E-state index in [4.69, 9.17) is 10.8 Å². The molecule has 0 bridgehead atoms. The summed E-state index contributed by atoms with van der Waals surface area (Å²) in [4.78, 5) is 25.5. The molecule has 92 valence electrons. The van der Waals surface area contributed by atoms with Crippen molar-refractivity contribution < 1.29 is 14.7 Å². The van der Waals surface area contributed by atoms with Crippen LogP contribution in [0, 0.1) is 0 Å². The molecule has 18 heavy (non-hydrogen) atoms. The molecule has 0 atom stereocenters. The number of nitrogens with zero attached hydrogens (tertiary/aromatic N) is 3. The van der Waals surface area contributed by atoms with Gasteiger partial charge in [-0.2, -0.15) is 5.10 Å². The number of rotatable bonds is 4. The Hall–Kier alpha value is -2.70. The van der Waals surface area contributed by atoms with Crippen molar-refractivity contribution in [3.63, 3.8) is 0 Å². The van der Waals surface area contributed by atoms with Crippen LogP contribution in [0.1, 0.15) is 26.5 Å². The minimum Gasteiger partial charge on any atom is -0.478 e. The minimum atomic E-state index is -1.02. The number of amides is 1. The molecule has 0 aliphatic rings. The summed E-state index contributed by atoms with van der Waals surface area (Å²) in [5.74, 6) is -1.62. The normalized spacial score (nSPS) is 10.2. The zero-order valence-electron chi connectivity index (χ0n) is 9.28. The van der Waals surface area contributed by atoms with Gasteiger partial charge >= 0.3 is 5.97 Å². The van der Waals surface area contributed by atoms with E-state index in [0.717, 1.165) is 0 Å². The summed E-state index contributed by atoms with van der Waals surface area (Å²) >= 11 is 0. The first-order valence-corrected chi connectivity index (χ1v) is 5.08. The molecule has 7 heteroatoms. The first-order chi connectivity index (χ1) is 8.56. The number of nitrogens with two attached hydrogens (primary N) is 1. The van der Waals surface area contributed by atoms with Crippen LogP contribution in [0.3, 0.4) is 0 Å². The molecule has 0 unspecified atom stereocenters. The molecule has 2 heterocycles. The van der Waals surface area contributed by atoms with Gasteiger partial charge in [-0.25, -0.2) is 4.79 Å². The van der Waals surface area contributed by atoms with Crippen molar-refractivity contribution in [2.45, 2.75) is 6.54 Å². The lowest BCUT2D eigenvalue weighted by Gasteiger charge is -2.01. The van der Waals surface area contributed by atoms with E-state index < -0.39 is 11.9 Å². The SMILES string of the molecule is NC(=O)c1ccn(Cc2ccc(C(=O)O)cn2)n1. The molecule has 7 nitrogen and oxygen atoms in total. The van der Waals surface area contributed by atoms with Gasteiger partial charge in [-0.1, -0.05) is 0 Å². The Morgan fingerprint density at radius 1 is 1.33 bits per heavy atom. The summed E-state index contributed by atoms with van der Waals surface area (Å²) in [5.41, 5.74) is 6.02. The van der Waals surface area contributed by atoms with Crippen LogP contribution in [0.25, 0.3) is 0 Å². The maximum Gasteiger partial charge on any atom is 0.337 e. The fraction of sp³-hybridized carbons (Fsp3) is 0.0909. The molecular weight excluding hydrogens is 236 g/mol. The smallest absolute Gasteiger partial charge is 0.337 e. The highest BCUT2D eigenvalue weighted by molar-refractivity contribution is 5.90. The standard InChI is InChI=1S/C11H10N4O3/c12-10(16)9-3-4-15(14-9)6-8-2-1-7(5-13-8)11(17)18/h1-5H,6H2,(H2,12,16)(H,17,18). The first kappa shape index (κ1) is 11.8. The highest BCUT2D eigenvalue weighted by atomic mass is 16.4. The van der Waals surface area contributed by atoms with Crippen LogP contribution >= 0.6 is 0 Å². The summed E-state index contributed by atoms with van der Waals surface area (Å²) in [5, 5.41) is 12.7. The van der Waals surface area contributed by atoms with Crippen molar-refractivity contribution in [2.75, 3.05) is 0 Å². The summed E-state index contributed by atoms with van der Waals surface area (Å²) in [7, 11) is 0. The maximum absolute atomic E-state index is 10.9. The van der Waals surface area contributed by atoms with Gasteiger partial charge in [0.2, 0.25) is 0 Å². The number of aromatic nitrogens is 3. The van der Waals surface area contributed by atoms with E-state index in [1.807, 2.05) is 0 Å². The molecule has 2 aromatic heterocycles. The van der Waals surface area contributed by atoms with Crippen molar-refractivity contribution in [1.29, 1.82) is 0 Å². The predicted molar refractivity (Wildman–Crippen MR) is 61.0 cm³/mol. The first-order valence-electron chi connectivity index (χ1n) is 5.08. The average molecular weight is 246 g/mol. The van der Waals surface area contributed by atoms with Crippen molar-refractivity contribution in [2.24, 2.45) is 5.73 Å². The molecule has 0 aliphatic heterocycles. The van der Waals surface area contributed by atoms with Crippen LogP contribution in [-0.2, 0) is 6.54 Å². The van der Waals surface area contributed by atoms with E-state index in [0.29, 0.717) is 12.2 Å². The molecular formula is C11H10N4O3. The molecule has 0 saturated heterocycles. The van der Waals surface area contributed by atoms with E-state index in [2.05, 4.69) is 10.1 Å². The fourth-order valence-electron chi connectivity index (χ4n) is 1.39. The second-order valence-electron chi connectivity index (χ2n) is 3.61. The number of aromatic carboxylic acids is 1. The molecule has 0 radical (unpaired) electrons. The Morgan fingerprint density at radius 3 is 2.61 bits per heavy atom. The Bertz CT molecular complexity index is 589. The largest absolute Gasteiger partial charge is 0.478 e. The number of hydrogen-bond donors (Lipinski definition) is 2. The number of hydrogen-bond acceptors (Lipinski definition) is 4. The van der Waals surface area contributed by atoms with E-state index in [-0.39, 0.29) is 11.3 Å². The van der Waals surface area contributed by atoms with Gasteiger partial charge in [-0.15, -0.1) is 0 Å². The third-order valence-corrected chi connectivity index (χ3v) is 2.29. The zero-order chi connectivity index (χ0) is 13.1. The minimum absolute atomic E-state index is 0.122. The van der Waals surface area contributed by atoms with Crippen molar-refractivity contribution in [1.82, 2.24) is 14.8 Å². The van der Waals surface area contributed by atoms with E-state index in [1.54, 1.807) is 12.3 Å². The molecule has 0 fully saturated rings. The zero-order valence-corrected chi connectivity index (χ0v) is 9.28. The van der Waals surface area contributed by atoms with Crippen LogP contribution in [0.15, 0.2) is 30.6 Å². The van der Waals surface area contributed by atoms with Gasteiger partial charge in [-0.3, -0.25) is 14.5 Å². The lowest BCUT2D eigenvalue weighted by atomic mass is 10.2. The summed E-state index contributed by atoms with van der Waals surface area (Å²) in [6, 6.07) is 4.56. The molecule has 1 amide bonds. The molecule has 0 spiro atoms. The van der Waals surface area contributed by atoms with Crippen LogP contribution < -0.4 is 5.73 Å². The maximum atomic E-state index is 10.9. The molecule has 0 aliphatic carbocycles. The Kier molecular flexibility index (Phi) is 3.05. The summed E-state index contributed by atoms with van der Waals surface area (Å²) < 4.78 is 1.50. The van der Waals surface area contributed by atoms with Crippen LogP contribution in [-0.4, -0.2) is 31.7 Å². The molecule has 0 aromatic carbocycles. The quantitative estimate of drug-likeness (QED) is 0.796. The molecule has 0 saturated carbocycles. The second-order valence-corrected chi connectivity index (χ2v) is 3.61. The second kappa shape index (κ2) is 4.66.